The predicted octanol–water partition coefficient (Wildman–Crippen LogP) is 0.539. The molecule has 13 heavy (non-hydrogen) atoms. The van der Waals surface area contributed by atoms with Crippen molar-refractivity contribution < 1.29 is 0 Å². The van der Waals surface area contributed by atoms with E-state index in [1.165, 1.54) is 5.56 Å². The molecule has 0 saturated heterocycles. The van der Waals surface area contributed by atoms with Crippen molar-refractivity contribution in [2.45, 2.75) is 13.3 Å². The second-order valence-electron chi connectivity index (χ2n) is 3.09. The van der Waals surface area contributed by atoms with E-state index in [0.29, 0.717) is 6.54 Å². The maximum absolute atomic E-state index is 5.47. The number of nitrogens with two attached hydrogens (primary N) is 1. The number of pyridine rings is 1. The molecular formula is C9H12N4. The van der Waals surface area contributed by atoms with Gasteiger partial charge in [0.1, 0.15) is 5.82 Å². The fourth-order valence-corrected chi connectivity index (χ4v) is 1.34. The first kappa shape index (κ1) is 8.19. The van der Waals surface area contributed by atoms with Crippen LogP contribution in [0.3, 0.4) is 0 Å². The van der Waals surface area contributed by atoms with Gasteiger partial charge in [-0.2, -0.15) is 0 Å². The Labute approximate surface area is 76.4 Å². The van der Waals surface area contributed by atoms with Gasteiger partial charge in [-0.3, -0.25) is 4.40 Å². The summed E-state index contributed by atoms with van der Waals surface area (Å²) in [5.74, 6) is 0.932. The SMILES string of the molecule is Cc1ccc2nnc(CCN)n2c1. The van der Waals surface area contributed by atoms with Crippen LogP contribution in [0.15, 0.2) is 18.3 Å². The molecule has 0 unspecified atom stereocenters. The van der Waals surface area contributed by atoms with Crippen LogP contribution < -0.4 is 5.73 Å². The molecule has 4 heteroatoms. The van der Waals surface area contributed by atoms with Gasteiger partial charge in [-0.1, -0.05) is 6.07 Å². The lowest BCUT2D eigenvalue weighted by Gasteiger charge is -1.98. The van der Waals surface area contributed by atoms with Crippen LogP contribution in [0.2, 0.25) is 0 Å². The van der Waals surface area contributed by atoms with Gasteiger partial charge in [0.2, 0.25) is 0 Å². The van der Waals surface area contributed by atoms with Gasteiger partial charge in [0, 0.05) is 12.6 Å². The third-order valence-electron chi connectivity index (χ3n) is 1.99. The van der Waals surface area contributed by atoms with Crippen molar-refractivity contribution >= 4 is 5.65 Å². The van der Waals surface area contributed by atoms with E-state index >= 15 is 0 Å². The van der Waals surface area contributed by atoms with Gasteiger partial charge in [-0.15, -0.1) is 10.2 Å². The topological polar surface area (TPSA) is 56.2 Å². The van der Waals surface area contributed by atoms with Crippen molar-refractivity contribution in [1.82, 2.24) is 14.6 Å². The minimum atomic E-state index is 0.606. The van der Waals surface area contributed by atoms with Gasteiger partial charge >= 0.3 is 0 Å². The molecule has 2 N–H and O–H groups in total. The highest BCUT2D eigenvalue weighted by atomic mass is 15.2. The Morgan fingerprint density at radius 3 is 3.00 bits per heavy atom. The minimum Gasteiger partial charge on any atom is -0.330 e. The number of fused-ring (bicyclic) bond motifs is 1. The largest absolute Gasteiger partial charge is 0.330 e. The Morgan fingerprint density at radius 2 is 2.23 bits per heavy atom. The lowest BCUT2D eigenvalue weighted by molar-refractivity contribution is 0.846. The lowest BCUT2D eigenvalue weighted by Crippen LogP contribution is -2.06. The summed E-state index contributed by atoms with van der Waals surface area (Å²) in [6.45, 7) is 2.65. The Hall–Kier alpha value is -1.42. The van der Waals surface area contributed by atoms with Crippen molar-refractivity contribution in [2.75, 3.05) is 6.54 Å². The van der Waals surface area contributed by atoms with E-state index < -0.39 is 0 Å². The van der Waals surface area contributed by atoms with Gasteiger partial charge in [0.25, 0.3) is 0 Å². The quantitative estimate of drug-likeness (QED) is 0.726. The highest BCUT2D eigenvalue weighted by Gasteiger charge is 2.02. The lowest BCUT2D eigenvalue weighted by atomic mass is 10.3. The van der Waals surface area contributed by atoms with Crippen LogP contribution in [0.1, 0.15) is 11.4 Å². The standard InChI is InChI=1S/C9H12N4/c1-7-2-3-8-11-12-9(4-5-10)13(8)6-7/h2-3,6H,4-5,10H2,1H3. The zero-order valence-corrected chi connectivity index (χ0v) is 7.57. The monoisotopic (exact) mass is 176 g/mol. The van der Waals surface area contributed by atoms with E-state index in [4.69, 9.17) is 5.73 Å². The number of hydrogen-bond acceptors (Lipinski definition) is 3. The highest BCUT2D eigenvalue weighted by Crippen LogP contribution is 2.05. The maximum Gasteiger partial charge on any atom is 0.160 e. The van der Waals surface area contributed by atoms with E-state index in [1.807, 2.05) is 29.7 Å². The normalized spacial score (nSPS) is 10.9. The first-order chi connectivity index (χ1) is 6.31. The van der Waals surface area contributed by atoms with Crippen LogP contribution in [-0.2, 0) is 6.42 Å². The fraction of sp³-hybridized carbons (Fsp3) is 0.333. The van der Waals surface area contributed by atoms with Gasteiger partial charge in [0.05, 0.1) is 0 Å². The molecule has 2 heterocycles. The summed E-state index contributed by atoms with van der Waals surface area (Å²) in [5, 5.41) is 8.09. The molecule has 4 nitrogen and oxygen atoms in total. The second kappa shape index (κ2) is 3.14. The smallest absolute Gasteiger partial charge is 0.160 e. The zero-order chi connectivity index (χ0) is 9.26. The highest BCUT2D eigenvalue weighted by molar-refractivity contribution is 5.39. The van der Waals surface area contributed by atoms with Crippen molar-refractivity contribution in [3.05, 3.63) is 29.7 Å². The van der Waals surface area contributed by atoms with Crippen LogP contribution in [0.5, 0.6) is 0 Å². The molecule has 0 saturated carbocycles. The van der Waals surface area contributed by atoms with E-state index in [-0.39, 0.29) is 0 Å². The zero-order valence-electron chi connectivity index (χ0n) is 7.57. The van der Waals surface area contributed by atoms with Crippen LogP contribution in [0.4, 0.5) is 0 Å². The third-order valence-corrected chi connectivity index (χ3v) is 1.99. The molecule has 0 aliphatic heterocycles. The Bertz CT molecular complexity index is 418. The van der Waals surface area contributed by atoms with Gasteiger partial charge in [-0.25, -0.2) is 0 Å². The average Bonchev–Trinajstić information content (AvgIpc) is 2.49. The molecule has 0 bridgehead atoms. The van der Waals surface area contributed by atoms with Gasteiger partial charge < -0.3 is 5.73 Å². The Balaban J connectivity index is 2.58. The number of rotatable bonds is 2. The van der Waals surface area contributed by atoms with Crippen molar-refractivity contribution in [3.63, 3.8) is 0 Å². The summed E-state index contributed by atoms with van der Waals surface area (Å²) < 4.78 is 1.99. The first-order valence-corrected chi connectivity index (χ1v) is 4.31. The van der Waals surface area contributed by atoms with Crippen LogP contribution in [-0.4, -0.2) is 21.1 Å². The van der Waals surface area contributed by atoms with Gasteiger partial charge in [0.15, 0.2) is 5.65 Å². The van der Waals surface area contributed by atoms with Crippen LogP contribution >= 0.6 is 0 Å². The molecule has 2 aromatic rings. The van der Waals surface area contributed by atoms with E-state index in [1.54, 1.807) is 0 Å². The predicted molar refractivity (Wildman–Crippen MR) is 50.5 cm³/mol. The molecule has 0 amide bonds. The molecule has 0 aromatic carbocycles. The molecule has 0 aliphatic carbocycles. The minimum absolute atomic E-state index is 0.606. The van der Waals surface area contributed by atoms with Crippen molar-refractivity contribution in [2.24, 2.45) is 5.73 Å². The average molecular weight is 176 g/mol. The molecule has 0 aliphatic rings. The molecule has 0 fully saturated rings. The summed E-state index contributed by atoms with van der Waals surface area (Å²) in [6.07, 6.45) is 2.80. The maximum atomic E-state index is 5.47. The van der Waals surface area contributed by atoms with Crippen molar-refractivity contribution in [1.29, 1.82) is 0 Å². The van der Waals surface area contributed by atoms with Crippen molar-refractivity contribution in [3.8, 4) is 0 Å². The molecule has 0 atom stereocenters. The fourth-order valence-electron chi connectivity index (χ4n) is 1.34. The van der Waals surface area contributed by atoms with E-state index in [0.717, 1.165) is 17.9 Å². The first-order valence-electron chi connectivity index (χ1n) is 4.31. The summed E-state index contributed by atoms with van der Waals surface area (Å²) in [5.41, 5.74) is 7.55. The van der Waals surface area contributed by atoms with Crippen LogP contribution in [0, 0.1) is 6.92 Å². The van der Waals surface area contributed by atoms with Gasteiger partial charge in [-0.05, 0) is 25.1 Å². The molecule has 0 radical (unpaired) electrons. The molecule has 0 spiro atoms. The molecule has 68 valence electrons. The third kappa shape index (κ3) is 1.40. The molecule has 2 rings (SSSR count). The van der Waals surface area contributed by atoms with Crippen LogP contribution in [0.25, 0.3) is 5.65 Å². The number of aryl methyl sites for hydroxylation is 1. The number of hydrogen-bond donors (Lipinski definition) is 1. The molecular weight excluding hydrogens is 164 g/mol. The van der Waals surface area contributed by atoms with E-state index in [2.05, 4.69) is 10.2 Å². The summed E-state index contributed by atoms with van der Waals surface area (Å²) in [4.78, 5) is 0. The number of aromatic nitrogens is 3. The second-order valence-corrected chi connectivity index (χ2v) is 3.09. The summed E-state index contributed by atoms with van der Waals surface area (Å²) in [6, 6.07) is 3.98. The Morgan fingerprint density at radius 1 is 1.38 bits per heavy atom. The number of nitrogens with zero attached hydrogens (tertiary/aromatic N) is 3. The Kier molecular flexibility index (Phi) is 1.98. The summed E-state index contributed by atoms with van der Waals surface area (Å²) in [7, 11) is 0. The van der Waals surface area contributed by atoms with E-state index in [9.17, 15) is 0 Å². The summed E-state index contributed by atoms with van der Waals surface area (Å²) >= 11 is 0. The molecule has 2 aromatic heterocycles.